The van der Waals surface area contributed by atoms with Crippen LogP contribution in [0.4, 0.5) is 0 Å². The van der Waals surface area contributed by atoms with E-state index in [2.05, 4.69) is 15.9 Å². The number of amides is 1. The highest BCUT2D eigenvalue weighted by Crippen LogP contribution is 2.27. The van der Waals surface area contributed by atoms with E-state index in [4.69, 9.17) is 9.84 Å². The normalized spacial score (nSPS) is 15.6. The van der Waals surface area contributed by atoms with Crippen molar-refractivity contribution in [2.24, 2.45) is 5.92 Å². The molecule has 0 spiro atoms. The minimum absolute atomic E-state index is 0.0425. The zero-order valence-electron chi connectivity index (χ0n) is 9.52. The molecule has 1 fully saturated rings. The summed E-state index contributed by atoms with van der Waals surface area (Å²) in [7, 11) is 1.55. The van der Waals surface area contributed by atoms with Crippen molar-refractivity contribution in [2.75, 3.05) is 26.8 Å². The number of halogens is 1. The van der Waals surface area contributed by atoms with Crippen LogP contribution in [0.25, 0.3) is 0 Å². The molecule has 0 saturated carbocycles. The number of benzene rings is 1. The summed E-state index contributed by atoms with van der Waals surface area (Å²) in [5.74, 6) is 0.747. The molecule has 4 nitrogen and oxygen atoms in total. The van der Waals surface area contributed by atoms with Gasteiger partial charge in [-0.15, -0.1) is 0 Å². The van der Waals surface area contributed by atoms with Crippen molar-refractivity contribution >= 4 is 21.8 Å². The predicted octanol–water partition coefficient (Wildman–Crippen LogP) is 1.52. The number of rotatable bonds is 3. The van der Waals surface area contributed by atoms with E-state index in [1.807, 2.05) is 6.07 Å². The molecule has 0 aromatic heterocycles. The fourth-order valence-electron chi connectivity index (χ4n) is 1.86. The second kappa shape index (κ2) is 5.06. The van der Waals surface area contributed by atoms with Gasteiger partial charge in [0.25, 0.3) is 5.91 Å². The number of aliphatic hydroxyl groups is 1. The maximum atomic E-state index is 12.1. The van der Waals surface area contributed by atoms with Gasteiger partial charge in [0.05, 0.1) is 12.7 Å². The first-order valence-corrected chi connectivity index (χ1v) is 6.18. The average molecular weight is 300 g/mol. The standard InChI is InChI=1S/C12H14BrNO3/c1-17-11-4-9(13)2-3-10(11)12(16)14-5-8(6-14)7-15/h2-4,8,15H,5-7H2,1H3. The second-order valence-electron chi connectivity index (χ2n) is 4.10. The van der Waals surface area contributed by atoms with Crippen LogP contribution in [-0.4, -0.2) is 42.7 Å². The average Bonchev–Trinajstić information content (AvgIpc) is 2.27. The molecule has 1 heterocycles. The van der Waals surface area contributed by atoms with Crippen LogP contribution in [0.3, 0.4) is 0 Å². The van der Waals surface area contributed by atoms with Crippen LogP contribution in [0.1, 0.15) is 10.4 Å². The quantitative estimate of drug-likeness (QED) is 0.921. The lowest BCUT2D eigenvalue weighted by atomic mass is 10.00. The molecule has 92 valence electrons. The van der Waals surface area contributed by atoms with Crippen molar-refractivity contribution < 1.29 is 14.6 Å². The van der Waals surface area contributed by atoms with E-state index >= 15 is 0 Å². The molecule has 17 heavy (non-hydrogen) atoms. The fraction of sp³-hybridized carbons (Fsp3) is 0.417. The van der Waals surface area contributed by atoms with Crippen LogP contribution in [0.2, 0.25) is 0 Å². The van der Waals surface area contributed by atoms with E-state index in [-0.39, 0.29) is 18.4 Å². The molecule has 1 aliphatic heterocycles. The molecule has 1 amide bonds. The van der Waals surface area contributed by atoms with Gasteiger partial charge in [-0.2, -0.15) is 0 Å². The first-order valence-electron chi connectivity index (χ1n) is 5.39. The van der Waals surface area contributed by atoms with Gasteiger partial charge in [-0.25, -0.2) is 0 Å². The Hall–Kier alpha value is -1.07. The summed E-state index contributed by atoms with van der Waals surface area (Å²) in [6.45, 7) is 1.38. The molecule has 1 saturated heterocycles. The van der Waals surface area contributed by atoms with Crippen LogP contribution in [-0.2, 0) is 0 Å². The number of carbonyl (C=O) groups is 1. The van der Waals surface area contributed by atoms with Crippen molar-refractivity contribution in [1.29, 1.82) is 0 Å². The monoisotopic (exact) mass is 299 g/mol. The van der Waals surface area contributed by atoms with Crippen LogP contribution in [0.15, 0.2) is 22.7 Å². The third-order valence-electron chi connectivity index (χ3n) is 2.90. The number of likely N-dealkylation sites (tertiary alicyclic amines) is 1. The number of hydrogen-bond donors (Lipinski definition) is 1. The Labute approximate surface area is 108 Å². The number of carbonyl (C=O) groups excluding carboxylic acids is 1. The third kappa shape index (κ3) is 2.45. The fourth-order valence-corrected chi connectivity index (χ4v) is 2.20. The molecule has 1 N–H and O–H groups in total. The molecule has 0 atom stereocenters. The Morgan fingerprint density at radius 3 is 2.88 bits per heavy atom. The van der Waals surface area contributed by atoms with Gasteiger partial charge in [-0.1, -0.05) is 15.9 Å². The third-order valence-corrected chi connectivity index (χ3v) is 3.39. The predicted molar refractivity (Wildman–Crippen MR) is 67.2 cm³/mol. The topological polar surface area (TPSA) is 49.8 Å². The molecular formula is C12H14BrNO3. The van der Waals surface area contributed by atoms with E-state index in [9.17, 15) is 4.79 Å². The first-order chi connectivity index (χ1) is 8.15. The van der Waals surface area contributed by atoms with Crippen molar-refractivity contribution in [2.45, 2.75) is 0 Å². The van der Waals surface area contributed by atoms with Crippen molar-refractivity contribution in [3.05, 3.63) is 28.2 Å². The number of aliphatic hydroxyl groups excluding tert-OH is 1. The van der Waals surface area contributed by atoms with E-state index in [0.717, 1.165) is 4.47 Å². The molecule has 1 aromatic rings. The van der Waals surface area contributed by atoms with E-state index in [1.165, 1.54) is 0 Å². The summed E-state index contributed by atoms with van der Waals surface area (Å²) in [5, 5.41) is 8.92. The highest BCUT2D eigenvalue weighted by Gasteiger charge is 2.31. The Morgan fingerprint density at radius 1 is 1.59 bits per heavy atom. The maximum absolute atomic E-state index is 12.1. The molecule has 0 aliphatic carbocycles. The van der Waals surface area contributed by atoms with Gasteiger partial charge in [0.2, 0.25) is 0 Å². The summed E-state index contributed by atoms with van der Waals surface area (Å²) in [4.78, 5) is 13.8. The smallest absolute Gasteiger partial charge is 0.257 e. The van der Waals surface area contributed by atoms with Crippen molar-refractivity contribution in [3.8, 4) is 5.75 Å². The van der Waals surface area contributed by atoms with Crippen LogP contribution < -0.4 is 4.74 Å². The van der Waals surface area contributed by atoms with E-state index < -0.39 is 0 Å². The van der Waals surface area contributed by atoms with Gasteiger partial charge in [0, 0.05) is 30.1 Å². The van der Waals surface area contributed by atoms with Crippen molar-refractivity contribution in [1.82, 2.24) is 4.90 Å². The molecule has 1 aliphatic rings. The summed E-state index contributed by atoms with van der Waals surface area (Å²) in [5.41, 5.74) is 0.562. The molecular weight excluding hydrogens is 286 g/mol. The van der Waals surface area contributed by atoms with E-state index in [0.29, 0.717) is 24.4 Å². The lowest BCUT2D eigenvalue weighted by Gasteiger charge is -2.38. The largest absolute Gasteiger partial charge is 0.496 e. The molecule has 0 bridgehead atoms. The first kappa shape index (κ1) is 12.4. The number of methoxy groups -OCH3 is 1. The summed E-state index contributed by atoms with van der Waals surface area (Å²) in [6, 6.07) is 5.34. The zero-order chi connectivity index (χ0) is 12.4. The Morgan fingerprint density at radius 2 is 2.29 bits per heavy atom. The van der Waals surface area contributed by atoms with Gasteiger partial charge < -0.3 is 14.7 Å². The van der Waals surface area contributed by atoms with Crippen molar-refractivity contribution in [3.63, 3.8) is 0 Å². The van der Waals surface area contributed by atoms with E-state index in [1.54, 1.807) is 24.1 Å². The number of nitrogens with zero attached hydrogens (tertiary/aromatic N) is 1. The van der Waals surface area contributed by atoms with Crippen LogP contribution >= 0.6 is 15.9 Å². The van der Waals surface area contributed by atoms with Gasteiger partial charge in [0.15, 0.2) is 0 Å². The Kier molecular flexibility index (Phi) is 3.69. The van der Waals surface area contributed by atoms with Gasteiger partial charge in [-0.3, -0.25) is 4.79 Å². The minimum Gasteiger partial charge on any atom is -0.496 e. The number of hydrogen-bond acceptors (Lipinski definition) is 3. The molecule has 1 aromatic carbocycles. The highest BCUT2D eigenvalue weighted by molar-refractivity contribution is 9.10. The number of ether oxygens (including phenoxy) is 1. The van der Waals surface area contributed by atoms with Crippen LogP contribution in [0, 0.1) is 5.92 Å². The van der Waals surface area contributed by atoms with Crippen LogP contribution in [0.5, 0.6) is 5.75 Å². The molecule has 0 radical (unpaired) electrons. The Balaban J connectivity index is 2.14. The maximum Gasteiger partial charge on any atom is 0.257 e. The Bertz CT molecular complexity index is 430. The lowest BCUT2D eigenvalue weighted by molar-refractivity contribution is 0.0359. The summed E-state index contributed by atoms with van der Waals surface area (Å²) < 4.78 is 6.07. The lowest BCUT2D eigenvalue weighted by Crippen LogP contribution is -2.51. The molecule has 0 unspecified atom stereocenters. The SMILES string of the molecule is COc1cc(Br)ccc1C(=O)N1CC(CO)C1. The minimum atomic E-state index is -0.0425. The second-order valence-corrected chi connectivity index (χ2v) is 5.02. The molecule has 5 heteroatoms. The summed E-state index contributed by atoms with van der Waals surface area (Å²) in [6.07, 6.45) is 0. The van der Waals surface area contributed by atoms with Gasteiger partial charge in [0.1, 0.15) is 5.75 Å². The van der Waals surface area contributed by atoms with Gasteiger partial charge in [-0.05, 0) is 18.2 Å². The zero-order valence-corrected chi connectivity index (χ0v) is 11.1. The summed E-state index contributed by atoms with van der Waals surface area (Å²) >= 11 is 3.34. The molecule has 2 rings (SSSR count). The highest BCUT2D eigenvalue weighted by atomic mass is 79.9. The van der Waals surface area contributed by atoms with Gasteiger partial charge >= 0.3 is 0 Å².